The zero-order valence-electron chi connectivity index (χ0n) is 17.1. The van der Waals surface area contributed by atoms with Crippen LogP contribution in [-0.2, 0) is 20.0 Å². The van der Waals surface area contributed by atoms with Crippen molar-refractivity contribution in [2.45, 2.75) is 46.6 Å². The average Bonchev–Trinajstić information content (AvgIpc) is 2.94. The lowest BCUT2D eigenvalue weighted by Gasteiger charge is -2.22. The second kappa shape index (κ2) is 9.41. The fourth-order valence-electron chi connectivity index (χ4n) is 3.12. The third-order valence-electron chi connectivity index (χ3n) is 4.33. The van der Waals surface area contributed by atoms with Gasteiger partial charge in [0.1, 0.15) is 0 Å². The van der Waals surface area contributed by atoms with Crippen LogP contribution in [0.1, 0.15) is 49.1 Å². The topological polar surface area (TPSA) is 45.5 Å². The molecule has 1 aromatic heterocycles. The van der Waals surface area contributed by atoms with Gasteiger partial charge in [-0.1, -0.05) is 43.7 Å². The first-order chi connectivity index (χ1) is 12.4. The molecule has 1 N–H and O–H groups in total. The van der Waals surface area contributed by atoms with Crippen molar-refractivity contribution in [2.24, 2.45) is 12.0 Å². The zero-order valence-corrected chi connectivity index (χ0v) is 17.1. The molecule has 2 aromatic rings. The van der Waals surface area contributed by atoms with E-state index in [4.69, 9.17) is 4.99 Å². The molecule has 0 radical (unpaired) electrons. The lowest BCUT2D eigenvalue weighted by Crippen LogP contribution is -2.38. The van der Waals surface area contributed by atoms with Gasteiger partial charge in [0.2, 0.25) is 0 Å². The Morgan fingerprint density at radius 2 is 2.12 bits per heavy atom. The van der Waals surface area contributed by atoms with Crippen molar-refractivity contribution < 1.29 is 0 Å². The summed E-state index contributed by atoms with van der Waals surface area (Å²) in [4.78, 5) is 7.00. The summed E-state index contributed by atoms with van der Waals surface area (Å²) >= 11 is 0. The Bertz CT molecular complexity index is 730. The summed E-state index contributed by atoms with van der Waals surface area (Å²) in [5.74, 6) is 1.36. The maximum atomic E-state index is 4.82. The molecule has 0 aliphatic carbocycles. The van der Waals surface area contributed by atoms with Crippen LogP contribution in [0, 0.1) is 6.92 Å². The Morgan fingerprint density at radius 1 is 1.35 bits per heavy atom. The van der Waals surface area contributed by atoms with Crippen LogP contribution in [-0.4, -0.2) is 40.8 Å². The SMILES string of the molecule is CCNC(=NCCc1cccc(C)c1)N(C)Cc1cn(C)nc1C(C)C. The highest BCUT2D eigenvalue weighted by Crippen LogP contribution is 2.18. The predicted molar refractivity (Wildman–Crippen MR) is 110 cm³/mol. The molecule has 2 rings (SSSR count). The van der Waals surface area contributed by atoms with Crippen LogP contribution in [0.5, 0.6) is 0 Å². The van der Waals surface area contributed by atoms with Gasteiger partial charge in [-0.15, -0.1) is 0 Å². The number of nitrogens with zero attached hydrogens (tertiary/aromatic N) is 4. The largest absolute Gasteiger partial charge is 0.357 e. The minimum Gasteiger partial charge on any atom is -0.357 e. The first-order valence-electron chi connectivity index (χ1n) is 9.48. The molecule has 5 heteroatoms. The Hall–Kier alpha value is -2.30. The summed E-state index contributed by atoms with van der Waals surface area (Å²) in [7, 11) is 4.07. The van der Waals surface area contributed by atoms with Gasteiger partial charge < -0.3 is 10.2 Å². The van der Waals surface area contributed by atoms with Gasteiger partial charge in [0.25, 0.3) is 0 Å². The summed E-state index contributed by atoms with van der Waals surface area (Å²) in [6.07, 6.45) is 3.07. The number of aromatic nitrogens is 2. The summed E-state index contributed by atoms with van der Waals surface area (Å²) < 4.78 is 1.90. The van der Waals surface area contributed by atoms with E-state index in [9.17, 15) is 0 Å². The molecule has 5 nitrogen and oxygen atoms in total. The van der Waals surface area contributed by atoms with Crippen molar-refractivity contribution in [1.29, 1.82) is 0 Å². The molecule has 1 heterocycles. The van der Waals surface area contributed by atoms with Crippen molar-refractivity contribution in [3.8, 4) is 0 Å². The Kier molecular flexibility index (Phi) is 7.25. The first kappa shape index (κ1) is 20.0. The van der Waals surface area contributed by atoms with Crippen molar-refractivity contribution >= 4 is 5.96 Å². The summed E-state index contributed by atoms with van der Waals surface area (Å²) in [5.41, 5.74) is 5.05. The van der Waals surface area contributed by atoms with Gasteiger partial charge in [-0.3, -0.25) is 9.67 Å². The Morgan fingerprint density at radius 3 is 2.77 bits per heavy atom. The van der Waals surface area contributed by atoms with Gasteiger partial charge in [0.05, 0.1) is 5.69 Å². The second-order valence-corrected chi connectivity index (χ2v) is 7.20. The van der Waals surface area contributed by atoms with Crippen molar-refractivity contribution in [3.05, 3.63) is 52.8 Å². The third-order valence-corrected chi connectivity index (χ3v) is 4.33. The quantitative estimate of drug-likeness (QED) is 0.611. The lowest BCUT2D eigenvalue weighted by atomic mass is 10.1. The molecule has 0 bridgehead atoms. The van der Waals surface area contributed by atoms with E-state index < -0.39 is 0 Å². The van der Waals surface area contributed by atoms with E-state index in [1.165, 1.54) is 16.7 Å². The van der Waals surface area contributed by atoms with Crippen molar-refractivity contribution in [1.82, 2.24) is 20.0 Å². The molecule has 26 heavy (non-hydrogen) atoms. The van der Waals surface area contributed by atoms with Crippen LogP contribution < -0.4 is 5.32 Å². The molecule has 0 fully saturated rings. The molecule has 0 aliphatic heterocycles. The average molecular weight is 356 g/mol. The molecule has 0 amide bonds. The van der Waals surface area contributed by atoms with E-state index in [1.807, 2.05) is 11.7 Å². The Balaban J connectivity index is 2.05. The van der Waals surface area contributed by atoms with Gasteiger partial charge >= 0.3 is 0 Å². The van der Waals surface area contributed by atoms with E-state index in [-0.39, 0.29) is 0 Å². The van der Waals surface area contributed by atoms with E-state index in [0.29, 0.717) is 5.92 Å². The second-order valence-electron chi connectivity index (χ2n) is 7.20. The van der Waals surface area contributed by atoms with Gasteiger partial charge in [-0.05, 0) is 31.7 Å². The molecule has 0 atom stereocenters. The maximum Gasteiger partial charge on any atom is 0.193 e. The molecule has 0 saturated carbocycles. The minimum atomic E-state index is 0.417. The number of hydrogen-bond donors (Lipinski definition) is 1. The van der Waals surface area contributed by atoms with Gasteiger partial charge in [0.15, 0.2) is 5.96 Å². The summed E-state index contributed by atoms with van der Waals surface area (Å²) in [5, 5.41) is 8.01. The molecule has 0 aliphatic rings. The van der Waals surface area contributed by atoms with E-state index in [1.54, 1.807) is 0 Å². The van der Waals surface area contributed by atoms with Crippen LogP contribution in [0.15, 0.2) is 35.5 Å². The highest BCUT2D eigenvalue weighted by molar-refractivity contribution is 5.79. The Labute approximate surface area is 158 Å². The number of hydrogen-bond acceptors (Lipinski definition) is 2. The predicted octanol–water partition coefficient (Wildman–Crippen LogP) is 3.49. The van der Waals surface area contributed by atoms with Crippen LogP contribution in [0.3, 0.4) is 0 Å². The van der Waals surface area contributed by atoms with Crippen molar-refractivity contribution in [3.63, 3.8) is 0 Å². The highest BCUT2D eigenvalue weighted by Gasteiger charge is 2.15. The maximum absolute atomic E-state index is 4.82. The molecule has 1 aromatic carbocycles. The summed E-state index contributed by atoms with van der Waals surface area (Å²) in [6, 6.07) is 8.65. The van der Waals surface area contributed by atoms with Crippen LogP contribution in [0.2, 0.25) is 0 Å². The lowest BCUT2D eigenvalue weighted by molar-refractivity contribution is 0.473. The van der Waals surface area contributed by atoms with Gasteiger partial charge in [-0.2, -0.15) is 5.10 Å². The third kappa shape index (κ3) is 5.61. The molecule has 0 spiro atoms. The number of guanidine groups is 1. The van der Waals surface area contributed by atoms with E-state index in [2.05, 4.69) is 80.5 Å². The normalized spacial score (nSPS) is 11.9. The highest BCUT2D eigenvalue weighted by atomic mass is 15.3. The number of aryl methyl sites for hydroxylation is 2. The monoisotopic (exact) mass is 355 g/mol. The summed E-state index contributed by atoms with van der Waals surface area (Å²) in [6.45, 7) is 11.0. The van der Waals surface area contributed by atoms with Gasteiger partial charge in [0, 0.05) is 45.5 Å². The number of rotatable bonds is 7. The van der Waals surface area contributed by atoms with Crippen LogP contribution in [0.25, 0.3) is 0 Å². The smallest absolute Gasteiger partial charge is 0.193 e. The van der Waals surface area contributed by atoms with Crippen LogP contribution in [0.4, 0.5) is 0 Å². The minimum absolute atomic E-state index is 0.417. The molecular formula is C21H33N5. The molecule has 142 valence electrons. The van der Waals surface area contributed by atoms with E-state index in [0.717, 1.165) is 37.7 Å². The molecular weight excluding hydrogens is 322 g/mol. The standard InChI is InChI=1S/C21H33N5/c1-7-22-21(23-12-11-18-10-8-9-17(4)13-18)25(5)14-19-15-26(6)24-20(19)16(2)3/h8-10,13,15-16H,7,11-12,14H2,1-6H3,(H,22,23). The number of nitrogens with one attached hydrogen (secondary N) is 1. The van der Waals surface area contributed by atoms with Crippen LogP contribution >= 0.6 is 0 Å². The van der Waals surface area contributed by atoms with Crippen molar-refractivity contribution in [2.75, 3.05) is 20.1 Å². The van der Waals surface area contributed by atoms with E-state index >= 15 is 0 Å². The fourth-order valence-corrected chi connectivity index (χ4v) is 3.12. The molecule has 0 saturated heterocycles. The first-order valence-corrected chi connectivity index (χ1v) is 9.48. The molecule has 0 unspecified atom stereocenters. The zero-order chi connectivity index (χ0) is 19.1. The fraction of sp³-hybridized carbons (Fsp3) is 0.524. The van der Waals surface area contributed by atoms with Gasteiger partial charge in [-0.25, -0.2) is 0 Å². The number of benzene rings is 1. The number of aliphatic imine (C=N–C) groups is 1.